The number of H-pyrrole nitrogens is 1. The molecule has 1 N–H and O–H groups in total. The van der Waals surface area contributed by atoms with Gasteiger partial charge < -0.3 is 4.98 Å². The van der Waals surface area contributed by atoms with E-state index in [4.69, 9.17) is 12.2 Å². The highest BCUT2D eigenvalue weighted by Crippen LogP contribution is 2.18. The summed E-state index contributed by atoms with van der Waals surface area (Å²) in [6.07, 6.45) is 5.49. The van der Waals surface area contributed by atoms with Crippen molar-refractivity contribution in [2.75, 3.05) is 0 Å². The molecule has 0 atom stereocenters. The van der Waals surface area contributed by atoms with Crippen molar-refractivity contribution in [3.63, 3.8) is 0 Å². The minimum atomic E-state index is -0.426. The smallest absolute Gasteiger partial charge is 0.197 e. The second kappa shape index (κ2) is 4.52. The minimum Gasteiger partial charge on any atom is -0.328 e. The highest BCUT2D eigenvalue weighted by atomic mass is 32.1. The normalized spacial score (nSPS) is 10.6. The predicted octanol–water partition coefficient (Wildman–Crippen LogP) is 2.55. The standard InChI is InChI=1S/C10H11FN4S/c1-2-3-15-6-7(4-13-15)9-8(11)5-12-10(16)14-9/h4-6H,2-3H2,1H3,(H,12,14,16). The average Bonchev–Trinajstić information content (AvgIpc) is 2.71. The van der Waals surface area contributed by atoms with Gasteiger partial charge in [0.05, 0.1) is 18.1 Å². The third kappa shape index (κ3) is 2.16. The van der Waals surface area contributed by atoms with Crippen LogP contribution in [0.4, 0.5) is 4.39 Å². The van der Waals surface area contributed by atoms with Crippen molar-refractivity contribution in [3.8, 4) is 11.3 Å². The minimum absolute atomic E-state index is 0.264. The number of halogens is 1. The van der Waals surface area contributed by atoms with E-state index in [0.717, 1.165) is 19.2 Å². The molecule has 0 aliphatic carbocycles. The van der Waals surface area contributed by atoms with Gasteiger partial charge in [0.2, 0.25) is 0 Å². The second-order valence-electron chi connectivity index (χ2n) is 3.40. The van der Waals surface area contributed by atoms with Crippen molar-refractivity contribution >= 4 is 12.2 Å². The van der Waals surface area contributed by atoms with Crippen LogP contribution in [0.3, 0.4) is 0 Å². The Balaban J connectivity index is 2.42. The van der Waals surface area contributed by atoms with Crippen LogP contribution in [0.2, 0.25) is 0 Å². The van der Waals surface area contributed by atoms with Gasteiger partial charge >= 0.3 is 0 Å². The highest BCUT2D eigenvalue weighted by Gasteiger charge is 2.08. The zero-order chi connectivity index (χ0) is 11.5. The number of aromatic amines is 1. The topological polar surface area (TPSA) is 46.5 Å². The summed E-state index contributed by atoms with van der Waals surface area (Å²) in [6, 6.07) is 0. The van der Waals surface area contributed by atoms with Crippen molar-refractivity contribution in [1.29, 1.82) is 0 Å². The van der Waals surface area contributed by atoms with Crippen LogP contribution in [0.15, 0.2) is 18.6 Å². The Bertz CT molecular complexity index is 546. The molecule has 0 fully saturated rings. The van der Waals surface area contributed by atoms with Gasteiger partial charge in [0, 0.05) is 18.3 Å². The van der Waals surface area contributed by atoms with Crippen LogP contribution >= 0.6 is 12.2 Å². The lowest BCUT2D eigenvalue weighted by molar-refractivity contribution is 0.602. The van der Waals surface area contributed by atoms with E-state index in [9.17, 15) is 4.39 Å². The van der Waals surface area contributed by atoms with Gasteiger partial charge in [0.25, 0.3) is 0 Å². The fourth-order valence-corrected chi connectivity index (χ4v) is 1.59. The summed E-state index contributed by atoms with van der Waals surface area (Å²) in [7, 11) is 0. The number of rotatable bonds is 3. The number of aryl methyl sites for hydroxylation is 1. The summed E-state index contributed by atoms with van der Waals surface area (Å²) >= 11 is 4.86. The Labute approximate surface area is 97.2 Å². The Morgan fingerprint density at radius 3 is 3.06 bits per heavy atom. The van der Waals surface area contributed by atoms with Crippen molar-refractivity contribution in [2.45, 2.75) is 19.9 Å². The van der Waals surface area contributed by atoms with E-state index in [1.54, 1.807) is 17.1 Å². The molecule has 0 radical (unpaired) electrons. The molecule has 0 unspecified atom stereocenters. The Morgan fingerprint density at radius 1 is 1.50 bits per heavy atom. The van der Waals surface area contributed by atoms with Crippen LogP contribution in [-0.2, 0) is 6.54 Å². The van der Waals surface area contributed by atoms with Gasteiger partial charge in [0.15, 0.2) is 10.6 Å². The monoisotopic (exact) mass is 238 g/mol. The maximum atomic E-state index is 13.5. The Kier molecular flexibility index (Phi) is 3.09. The fourth-order valence-electron chi connectivity index (χ4n) is 1.43. The summed E-state index contributed by atoms with van der Waals surface area (Å²) in [5.74, 6) is -0.426. The van der Waals surface area contributed by atoms with Gasteiger partial charge in [-0.25, -0.2) is 9.37 Å². The van der Waals surface area contributed by atoms with E-state index in [2.05, 4.69) is 22.0 Å². The van der Waals surface area contributed by atoms with E-state index >= 15 is 0 Å². The van der Waals surface area contributed by atoms with Gasteiger partial charge in [-0.05, 0) is 18.6 Å². The first-order chi connectivity index (χ1) is 7.70. The maximum absolute atomic E-state index is 13.5. The van der Waals surface area contributed by atoms with Crippen LogP contribution in [0, 0.1) is 10.6 Å². The van der Waals surface area contributed by atoms with Gasteiger partial charge in [-0.3, -0.25) is 4.68 Å². The third-order valence-electron chi connectivity index (χ3n) is 2.14. The molecule has 2 aromatic heterocycles. The molecule has 0 amide bonds. The van der Waals surface area contributed by atoms with Gasteiger partial charge in [0.1, 0.15) is 0 Å². The molecule has 0 saturated carbocycles. The molecule has 84 valence electrons. The molecule has 0 aromatic carbocycles. The van der Waals surface area contributed by atoms with Crippen LogP contribution in [0.25, 0.3) is 11.3 Å². The van der Waals surface area contributed by atoms with E-state index in [1.165, 1.54) is 0 Å². The fraction of sp³-hybridized carbons (Fsp3) is 0.300. The molecule has 2 aromatic rings. The number of hydrogen-bond donors (Lipinski definition) is 1. The Morgan fingerprint density at radius 2 is 2.31 bits per heavy atom. The first kappa shape index (κ1) is 10.9. The van der Waals surface area contributed by atoms with Crippen molar-refractivity contribution in [2.24, 2.45) is 0 Å². The van der Waals surface area contributed by atoms with Crippen LogP contribution in [0.5, 0.6) is 0 Å². The second-order valence-corrected chi connectivity index (χ2v) is 3.79. The lowest BCUT2D eigenvalue weighted by Gasteiger charge is -1.99. The number of nitrogens with zero attached hydrogens (tertiary/aromatic N) is 3. The van der Waals surface area contributed by atoms with Gasteiger partial charge in [-0.2, -0.15) is 5.10 Å². The molecule has 0 aliphatic rings. The molecular formula is C10H11FN4S. The SMILES string of the molecule is CCCn1cc(-c2[nH]c(=S)ncc2F)cn1. The molecule has 2 rings (SSSR count). The van der Waals surface area contributed by atoms with Gasteiger partial charge in [-0.15, -0.1) is 0 Å². The van der Waals surface area contributed by atoms with E-state index in [0.29, 0.717) is 11.3 Å². The molecule has 0 saturated heterocycles. The van der Waals surface area contributed by atoms with E-state index in [1.807, 2.05) is 0 Å². The molecule has 0 bridgehead atoms. The molecule has 0 aliphatic heterocycles. The molecule has 2 heterocycles. The van der Waals surface area contributed by atoms with Crippen molar-refractivity contribution in [1.82, 2.24) is 19.7 Å². The molecular weight excluding hydrogens is 227 g/mol. The highest BCUT2D eigenvalue weighted by molar-refractivity contribution is 7.71. The van der Waals surface area contributed by atoms with Crippen LogP contribution < -0.4 is 0 Å². The predicted molar refractivity (Wildman–Crippen MR) is 60.9 cm³/mol. The molecule has 0 spiro atoms. The molecule has 6 heteroatoms. The van der Waals surface area contributed by atoms with Crippen LogP contribution in [0.1, 0.15) is 13.3 Å². The van der Waals surface area contributed by atoms with Gasteiger partial charge in [-0.1, -0.05) is 6.92 Å². The average molecular weight is 238 g/mol. The number of nitrogens with one attached hydrogen (secondary N) is 1. The zero-order valence-electron chi connectivity index (χ0n) is 8.77. The summed E-state index contributed by atoms with van der Waals surface area (Å²) in [5, 5.41) is 4.13. The molecule has 16 heavy (non-hydrogen) atoms. The summed E-state index contributed by atoms with van der Waals surface area (Å²) in [4.78, 5) is 6.39. The zero-order valence-corrected chi connectivity index (χ0v) is 9.59. The summed E-state index contributed by atoms with van der Waals surface area (Å²) in [6.45, 7) is 2.87. The van der Waals surface area contributed by atoms with E-state index in [-0.39, 0.29) is 4.77 Å². The molecule has 4 nitrogen and oxygen atoms in total. The van der Waals surface area contributed by atoms with E-state index < -0.39 is 5.82 Å². The number of aromatic nitrogens is 4. The lowest BCUT2D eigenvalue weighted by Crippen LogP contribution is -1.96. The van der Waals surface area contributed by atoms with Crippen molar-refractivity contribution in [3.05, 3.63) is 29.2 Å². The quantitative estimate of drug-likeness (QED) is 0.836. The van der Waals surface area contributed by atoms with Crippen LogP contribution in [-0.4, -0.2) is 19.7 Å². The lowest BCUT2D eigenvalue weighted by atomic mass is 10.2. The maximum Gasteiger partial charge on any atom is 0.197 e. The summed E-state index contributed by atoms with van der Waals surface area (Å²) in [5.41, 5.74) is 1.02. The third-order valence-corrected chi connectivity index (χ3v) is 2.35. The summed E-state index contributed by atoms with van der Waals surface area (Å²) < 4.78 is 15.5. The number of hydrogen-bond acceptors (Lipinski definition) is 3. The first-order valence-corrected chi connectivity index (χ1v) is 5.39. The largest absolute Gasteiger partial charge is 0.328 e. The van der Waals surface area contributed by atoms with Crippen molar-refractivity contribution < 1.29 is 4.39 Å². The first-order valence-electron chi connectivity index (χ1n) is 4.98. The Hall–Kier alpha value is -1.56.